The highest BCUT2D eigenvalue weighted by molar-refractivity contribution is 5.93. The molecule has 3 aromatic carbocycles. The fraction of sp³-hybridized carbons (Fsp3) is 0.300. The fourth-order valence-electron chi connectivity index (χ4n) is 4.19. The van der Waals surface area contributed by atoms with Crippen molar-refractivity contribution < 1.29 is 28.2 Å². The fourth-order valence-corrected chi connectivity index (χ4v) is 4.19. The minimum Gasteiger partial charge on any atom is -0.489 e. The molecule has 7 heteroatoms. The zero-order valence-electron chi connectivity index (χ0n) is 21.3. The number of carbonyl (C=O) groups is 1. The Labute approximate surface area is 217 Å². The summed E-state index contributed by atoms with van der Waals surface area (Å²) in [4.78, 5) is 12.3. The molecule has 2 N–H and O–H groups in total. The van der Waals surface area contributed by atoms with Crippen LogP contribution in [0.2, 0.25) is 0 Å². The van der Waals surface area contributed by atoms with Gasteiger partial charge < -0.3 is 29.1 Å². The van der Waals surface area contributed by atoms with Crippen LogP contribution in [0.3, 0.4) is 0 Å². The van der Waals surface area contributed by atoms with E-state index >= 15 is 0 Å². The molecule has 0 saturated carbocycles. The Morgan fingerprint density at radius 2 is 1.76 bits per heavy atom. The van der Waals surface area contributed by atoms with Crippen molar-refractivity contribution in [2.24, 2.45) is 5.73 Å². The van der Waals surface area contributed by atoms with Crippen molar-refractivity contribution in [2.45, 2.75) is 32.6 Å². The van der Waals surface area contributed by atoms with E-state index in [-0.39, 0.29) is 12.4 Å². The number of hydrogen-bond acceptors (Lipinski definition) is 7. The first-order valence-corrected chi connectivity index (χ1v) is 12.3. The minimum absolute atomic E-state index is 0.140. The van der Waals surface area contributed by atoms with Crippen LogP contribution in [-0.4, -0.2) is 33.4 Å². The Morgan fingerprint density at radius 3 is 2.57 bits per heavy atom. The third kappa shape index (κ3) is 6.98. The predicted molar refractivity (Wildman–Crippen MR) is 142 cm³/mol. The molecule has 37 heavy (non-hydrogen) atoms. The van der Waals surface area contributed by atoms with E-state index in [4.69, 9.17) is 29.1 Å². The van der Waals surface area contributed by atoms with Crippen LogP contribution in [0.15, 0.2) is 71.1 Å². The zero-order chi connectivity index (χ0) is 26.0. The highest BCUT2D eigenvalue weighted by atomic mass is 16.5. The lowest BCUT2D eigenvalue weighted by Gasteiger charge is -2.13. The molecule has 1 aromatic heterocycles. The molecule has 0 spiro atoms. The second kappa shape index (κ2) is 13.1. The minimum atomic E-state index is -0.292. The average molecular weight is 504 g/mol. The first-order chi connectivity index (χ1) is 18.1. The maximum atomic E-state index is 12.3. The third-order valence-corrected chi connectivity index (χ3v) is 5.94. The number of furan rings is 1. The van der Waals surface area contributed by atoms with Gasteiger partial charge in [-0.05, 0) is 47.0 Å². The molecule has 4 aromatic rings. The molecular formula is C30H33NO6. The first-order valence-electron chi connectivity index (χ1n) is 12.3. The number of nitrogens with two attached hydrogens (primary N) is 1. The molecule has 4 rings (SSSR count). The Kier molecular flexibility index (Phi) is 9.32. The third-order valence-electron chi connectivity index (χ3n) is 5.94. The summed E-state index contributed by atoms with van der Waals surface area (Å²) >= 11 is 0. The molecule has 0 saturated heterocycles. The van der Waals surface area contributed by atoms with E-state index in [0.717, 1.165) is 44.5 Å². The molecule has 0 amide bonds. The lowest BCUT2D eigenvalue weighted by Crippen LogP contribution is -2.11. The first kappa shape index (κ1) is 26.4. The summed E-state index contributed by atoms with van der Waals surface area (Å²) in [6, 6.07) is 21.8. The van der Waals surface area contributed by atoms with Crippen molar-refractivity contribution in [2.75, 3.05) is 27.4 Å². The molecule has 0 aliphatic carbocycles. The quantitative estimate of drug-likeness (QED) is 0.193. The van der Waals surface area contributed by atoms with E-state index in [1.165, 1.54) is 0 Å². The summed E-state index contributed by atoms with van der Waals surface area (Å²) in [5.41, 5.74) is 11.5. The highest BCUT2D eigenvalue weighted by Crippen LogP contribution is 2.34. The number of hydrogen-bond donors (Lipinski definition) is 1. The summed E-state index contributed by atoms with van der Waals surface area (Å²) in [5, 5.41) is 0.967. The Hall–Kier alpha value is -3.65. The van der Waals surface area contributed by atoms with E-state index in [9.17, 15) is 4.79 Å². The van der Waals surface area contributed by atoms with Gasteiger partial charge in [-0.15, -0.1) is 0 Å². The van der Waals surface area contributed by atoms with Crippen LogP contribution in [0.4, 0.5) is 0 Å². The zero-order valence-corrected chi connectivity index (χ0v) is 21.3. The predicted octanol–water partition coefficient (Wildman–Crippen LogP) is 5.41. The van der Waals surface area contributed by atoms with Crippen molar-refractivity contribution in [3.63, 3.8) is 0 Å². The number of fused-ring (bicyclic) bond motifs is 1. The van der Waals surface area contributed by atoms with Gasteiger partial charge >= 0.3 is 5.97 Å². The second-order valence-corrected chi connectivity index (χ2v) is 8.75. The number of ether oxygens (including phenoxy) is 4. The van der Waals surface area contributed by atoms with Crippen LogP contribution in [0, 0.1) is 0 Å². The molecule has 0 fully saturated rings. The normalized spacial score (nSPS) is 11.1. The molecular weight excluding hydrogens is 470 g/mol. The number of benzene rings is 3. The van der Waals surface area contributed by atoms with Crippen LogP contribution in [0.1, 0.15) is 28.9 Å². The summed E-state index contributed by atoms with van der Waals surface area (Å²) in [7, 11) is 3.27. The molecule has 0 aliphatic rings. The van der Waals surface area contributed by atoms with Gasteiger partial charge in [-0.1, -0.05) is 36.4 Å². The highest BCUT2D eigenvalue weighted by Gasteiger charge is 2.15. The lowest BCUT2D eigenvalue weighted by atomic mass is 9.99. The lowest BCUT2D eigenvalue weighted by molar-refractivity contribution is -0.143. The van der Waals surface area contributed by atoms with Crippen LogP contribution in [-0.2, 0) is 45.2 Å². The standard InChI is InChI=1S/C30H33NO6/c1-33-11-6-12-35-29(32)17-24-8-3-4-10-28(24)36-19-22-14-25-16-26(20-34-2)37-30(25)27(15-22)23-9-5-7-21(13-23)18-31/h3-5,7-10,13-16H,6,11-12,17-20,31H2,1-2H3. The number of carbonyl (C=O) groups excluding carboxylic acids is 1. The molecule has 0 atom stereocenters. The summed E-state index contributed by atoms with van der Waals surface area (Å²) in [5.74, 6) is 1.11. The van der Waals surface area contributed by atoms with E-state index < -0.39 is 0 Å². The SMILES string of the molecule is COCCCOC(=O)Cc1ccccc1OCc1cc(-c2cccc(CN)c2)c2oc(COC)cc2c1. The van der Waals surface area contributed by atoms with Crippen molar-refractivity contribution in [1.82, 2.24) is 0 Å². The Morgan fingerprint density at radius 1 is 0.892 bits per heavy atom. The van der Waals surface area contributed by atoms with Gasteiger partial charge in [0.25, 0.3) is 0 Å². The molecule has 0 radical (unpaired) electrons. The number of methoxy groups -OCH3 is 2. The van der Waals surface area contributed by atoms with Gasteiger partial charge in [-0.2, -0.15) is 0 Å². The Bertz CT molecular complexity index is 1330. The van der Waals surface area contributed by atoms with Crippen molar-refractivity contribution in [3.8, 4) is 16.9 Å². The van der Waals surface area contributed by atoms with E-state index in [0.29, 0.717) is 45.1 Å². The van der Waals surface area contributed by atoms with Gasteiger partial charge in [-0.25, -0.2) is 0 Å². The second-order valence-electron chi connectivity index (χ2n) is 8.75. The van der Waals surface area contributed by atoms with Gasteiger partial charge in [-0.3, -0.25) is 4.79 Å². The maximum absolute atomic E-state index is 12.3. The van der Waals surface area contributed by atoms with Crippen molar-refractivity contribution in [1.29, 1.82) is 0 Å². The summed E-state index contributed by atoms with van der Waals surface area (Å²) < 4.78 is 27.9. The molecule has 0 aliphatic heterocycles. The van der Waals surface area contributed by atoms with Crippen LogP contribution >= 0.6 is 0 Å². The molecule has 0 unspecified atom stereocenters. The number of esters is 1. The van der Waals surface area contributed by atoms with Gasteiger partial charge in [0.1, 0.15) is 30.3 Å². The molecule has 194 valence electrons. The molecule has 7 nitrogen and oxygen atoms in total. The number of para-hydroxylation sites is 1. The van der Waals surface area contributed by atoms with Gasteiger partial charge in [0.05, 0.1) is 13.0 Å². The van der Waals surface area contributed by atoms with Gasteiger partial charge in [0, 0.05) is 50.3 Å². The summed E-state index contributed by atoms with van der Waals surface area (Å²) in [6.07, 6.45) is 0.806. The van der Waals surface area contributed by atoms with Crippen LogP contribution in [0.5, 0.6) is 5.75 Å². The topological polar surface area (TPSA) is 93.2 Å². The average Bonchev–Trinajstić information content (AvgIpc) is 3.33. The van der Waals surface area contributed by atoms with E-state index in [1.54, 1.807) is 14.2 Å². The maximum Gasteiger partial charge on any atom is 0.310 e. The smallest absolute Gasteiger partial charge is 0.310 e. The van der Waals surface area contributed by atoms with Crippen LogP contribution in [0.25, 0.3) is 22.1 Å². The van der Waals surface area contributed by atoms with E-state index in [2.05, 4.69) is 18.2 Å². The van der Waals surface area contributed by atoms with Crippen LogP contribution < -0.4 is 10.5 Å². The Balaban J connectivity index is 1.57. The van der Waals surface area contributed by atoms with Gasteiger partial charge in [0.2, 0.25) is 0 Å². The summed E-state index contributed by atoms with van der Waals surface area (Å²) in [6.45, 7) is 2.06. The molecule has 0 bridgehead atoms. The van der Waals surface area contributed by atoms with Crippen molar-refractivity contribution in [3.05, 3.63) is 89.2 Å². The molecule has 1 heterocycles. The van der Waals surface area contributed by atoms with E-state index in [1.807, 2.05) is 48.5 Å². The van der Waals surface area contributed by atoms with Crippen molar-refractivity contribution >= 4 is 16.9 Å². The monoisotopic (exact) mass is 503 g/mol. The largest absolute Gasteiger partial charge is 0.489 e. The van der Waals surface area contributed by atoms with Gasteiger partial charge in [0.15, 0.2) is 0 Å². The number of rotatable bonds is 13.